The molecule has 2 aromatic heterocycles. The number of nitrogens with zero attached hydrogens (tertiary/aromatic N) is 5. The van der Waals surface area contributed by atoms with Gasteiger partial charge in [-0.1, -0.05) is 0 Å². The molecule has 0 aromatic carbocycles. The maximum absolute atomic E-state index is 13.0. The monoisotopic (exact) mass is 556 g/mol. The number of piperidine rings is 1. The van der Waals surface area contributed by atoms with Crippen molar-refractivity contribution in [2.24, 2.45) is 10.7 Å². The van der Waals surface area contributed by atoms with E-state index in [0.29, 0.717) is 31.6 Å². The molecule has 11 nitrogen and oxygen atoms in total. The number of amides is 1. The number of ether oxygens (including phenoxy) is 1. The summed E-state index contributed by atoms with van der Waals surface area (Å²) >= 11 is 0. The van der Waals surface area contributed by atoms with E-state index in [-0.39, 0.29) is 28.3 Å². The Bertz CT molecular complexity index is 1430. The van der Waals surface area contributed by atoms with Crippen LogP contribution in [0.25, 0.3) is 11.1 Å². The molecule has 0 saturated carbocycles. The molecule has 0 radical (unpaired) electrons. The van der Waals surface area contributed by atoms with E-state index in [4.69, 9.17) is 10.5 Å². The van der Waals surface area contributed by atoms with Gasteiger partial charge < -0.3 is 19.6 Å². The summed E-state index contributed by atoms with van der Waals surface area (Å²) in [5.41, 5.74) is -0.0772. The first-order valence-electron chi connectivity index (χ1n) is 11.4. The number of carbonyl (C=O) groups is 1. The van der Waals surface area contributed by atoms with Crippen LogP contribution in [0.3, 0.4) is 0 Å². The predicted molar refractivity (Wildman–Crippen MR) is 132 cm³/mol. The molecule has 1 aliphatic heterocycles. The number of alkyl halides is 3. The van der Waals surface area contributed by atoms with Crippen LogP contribution in [-0.2, 0) is 14.9 Å². The van der Waals surface area contributed by atoms with Gasteiger partial charge in [0.25, 0.3) is 0 Å². The third-order valence-corrected chi connectivity index (χ3v) is 6.51. The number of aromatic nitrogens is 2. The smallest absolute Gasteiger partial charge is 0.444 e. The number of halogens is 3. The van der Waals surface area contributed by atoms with Crippen LogP contribution in [-0.4, -0.2) is 65.0 Å². The van der Waals surface area contributed by atoms with E-state index in [1.165, 1.54) is 12.4 Å². The lowest BCUT2D eigenvalue weighted by atomic mass is 10.0. The van der Waals surface area contributed by atoms with Crippen LogP contribution in [0, 0.1) is 11.3 Å². The standard InChI is InChI=1S/C23H27F3N6O5S/c1-14(30-17-5-7-31(8-6-17)21(33)36-22(2,3)4)18(11-28)15-9-19(37-38(34,35)23(24,25)26)20-16(10-27)12-29-32(20)13-15/h9,11-13,17H,5-8,28H2,1-4H3/b18-11+,30-14?. The van der Waals surface area contributed by atoms with Gasteiger partial charge in [0, 0.05) is 42.3 Å². The summed E-state index contributed by atoms with van der Waals surface area (Å²) in [6.45, 7) is 7.82. The van der Waals surface area contributed by atoms with Crippen molar-refractivity contribution in [1.29, 1.82) is 5.26 Å². The molecule has 3 rings (SSSR count). The fourth-order valence-corrected chi connectivity index (χ4v) is 4.27. The third kappa shape index (κ3) is 6.36. The van der Waals surface area contributed by atoms with Crippen molar-refractivity contribution in [3.8, 4) is 11.8 Å². The zero-order valence-corrected chi connectivity index (χ0v) is 21.9. The Hall–Kier alpha value is -3.80. The van der Waals surface area contributed by atoms with Gasteiger partial charge >= 0.3 is 21.7 Å². The van der Waals surface area contributed by atoms with E-state index in [0.717, 1.165) is 16.8 Å². The van der Waals surface area contributed by atoms with Crippen molar-refractivity contribution in [3.63, 3.8) is 0 Å². The van der Waals surface area contributed by atoms with Crippen molar-refractivity contribution < 1.29 is 35.3 Å². The predicted octanol–water partition coefficient (Wildman–Crippen LogP) is 3.59. The first-order valence-corrected chi connectivity index (χ1v) is 12.8. The SMILES string of the molecule is CC(=NC1CCN(C(=O)OC(C)(C)C)CC1)/C(=C\N)c1cc(OS(=O)(=O)C(F)(F)F)c2c(C#N)cnn2c1. The first kappa shape index (κ1) is 28.8. The van der Waals surface area contributed by atoms with Gasteiger partial charge in [-0.3, -0.25) is 4.99 Å². The Morgan fingerprint density at radius 1 is 1.29 bits per heavy atom. The molecule has 0 bridgehead atoms. The molecule has 2 aromatic rings. The van der Waals surface area contributed by atoms with E-state index in [1.807, 2.05) is 0 Å². The molecule has 15 heteroatoms. The summed E-state index contributed by atoms with van der Waals surface area (Å²) < 4.78 is 73.3. The lowest BCUT2D eigenvalue weighted by Crippen LogP contribution is -2.42. The van der Waals surface area contributed by atoms with Crippen LogP contribution in [0.15, 0.2) is 29.7 Å². The minimum atomic E-state index is -6.04. The average Bonchev–Trinajstić information content (AvgIpc) is 3.21. The minimum absolute atomic E-state index is 0.160. The lowest BCUT2D eigenvalue weighted by Gasteiger charge is -2.32. The number of nitriles is 1. The van der Waals surface area contributed by atoms with Gasteiger partial charge in [-0.2, -0.15) is 31.9 Å². The largest absolute Gasteiger partial charge is 0.534 e. The second-order valence-electron chi connectivity index (χ2n) is 9.53. The number of likely N-dealkylation sites (tertiary alicyclic amines) is 1. The fraction of sp³-hybridized carbons (Fsp3) is 0.478. The van der Waals surface area contributed by atoms with Crippen molar-refractivity contribution in [3.05, 3.63) is 35.8 Å². The highest BCUT2D eigenvalue weighted by Gasteiger charge is 2.49. The maximum Gasteiger partial charge on any atom is 0.534 e. The van der Waals surface area contributed by atoms with Crippen molar-refractivity contribution in [2.45, 2.75) is 57.7 Å². The second kappa shape index (κ2) is 10.5. The summed E-state index contributed by atoms with van der Waals surface area (Å²) in [6.07, 6.45) is 4.27. The minimum Gasteiger partial charge on any atom is -0.444 e. The molecule has 0 atom stereocenters. The Kier molecular flexibility index (Phi) is 7.96. The summed E-state index contributed by atoms with van der Waals surface area (Å²) in [4.78, 5) is 18.6. The Morgan fingerprint density at radius 3 is 2.45 bits per heavy atom. The number of hydrogen-bond donors (Lipinski definition) is 1. The molecule has 38 heavy (non-hydrogen) atoms. The van der Waals surface area contributed by atoms with Crippen LogP contribution >= 0.6 is 0 Å². The molecule has 1 saturated heterocycles. The fourth-order valence-electron chi connectivity index (χ4n) is 3.82. The van der Waals surface area contributed by atoms with E-state index < -0.39 is 33.1 Å². The Morgan fingerprint density at radius 2 is 1.92 bits per heavy atom. The molecule has 1 amide bonds. The highest BCUT2D eigenvalue weighted by Crippen LogP contribution is 2.33. The first-order chi connectivity index (χ1) is 17.6. The topological polar surface area (TPSA) is 152 Å². The van der Waals surface area contributed by atoms with Crippen LogP contribution in [0.5, 0.6) is 5.75 Å². The van der Waals surface area contributed by atoms with Gasteiger partial charge in [0.05, 0.1) is 12.2 Å². The molecular weight excluding hydrogens is 529 g/mol. The molecule has 2 N–H and O–H groups in total. The highest BCUT2D eigenvalue weighted by molar-refractivity contribution is 7.88. The zero-order valence-electron chi connectivity index (χ0n) is 21.1. The van der Waals surface area contributed by atoms with Crippen LogP contribution in [0.2, 0.25) is 0 Å². The Labute approximate surface area is 217 Å². The summed E-state index contributed by atoms with van der Waals surface area (Å²) in [5, 5.41) is 13.2. The van der Waals surface area contributed by atoms with Crippen molar-refractivity contribution in [1.82, 2.24) is 14.5 Å². The summed E-state index contributed by atoms with van der Waals surface area (Å²) in [7, 11) is -6.04. The maximum atomic E-state index is 13.0. The molecule has 0 unspecified atom stereocenters. The normalized spacial score (nSPS) is 16.4. The lowest BCUT2D eigenvalue weighted by molar-refractivity contribution is -0.0499. The van der Waals surface area contributed by atoms with Crippen LogP contribution in [0.4, 0.5) is 18.0 Å². The van der Waals surface area contributed by atoms with Crippen molar-refractivity contribution in [2.75, 3.05) is 13.1 Å². The number of carbonyl (C=O) groups excluding carboxylic acids is 1. The van der Waals surface area contributed by atoms with E-state index in [1.54, 1.807) is 38.7 Å². The summed E-state index contributed by atoms with van der Waals surface area (Å²) in [5.74, 6) is -0.744. The number of fused-ring (bicyclic) bond motifs is 1. The Balaban J connectivity index is 1.90. The molecule has 206 valence electrons. The highest BCUT2D eigenvalue weighted by atomic mass is 32.2. The quantitative estimate of drug-likeness (QED) is 0.333. The van der Waals surface area contributed by atoms with E-state index in [9.17, 15) is 31.6 Å². The van der Waals surface area contributed by atoms with Gasteiger partial charge in [-0.05, 0) is 46.6 Å². The number of allylic oxidation sites excluding steroid dienone is 1. The van der Waals surface area contributed by atoms with Gasteiger partial charge in [-0.25, -0.2) is 9.31 Å². The van der Waals surface area contributed by atoms with Gasteiger partial charge in [-0.15, -0.1) is 0 Å². The molecule has 3 heterocycles. The molecule has 1 aliphatic rings. The van der Waals surface area contributed by atoms with E-state index in [2.05, 4.69) is 14.3 Å². The number of nitrogens with two attached hydrogens (primary N) is 1. The third-order valence-electron chi connectivity index (χ3n) is 5.54. The number of aliphatic imine (C=N–C) groups is 1. The van der Waals surface area contributed by atoms with Gasteiger partial charge in [0.1, 0.15) is 22.8 Å². The van der Waals surface area contributed by atoms with Crippen molar-refractivity contribution >= 4 is 33.0 Å². The molecule has 0 aliphatic carbocycles. The molecule has 0 spiro atoms. The average molecular weight is 557 g/mol. The number of rotatable bonds is 5. The summed E-state index contributed by atoms with van der Waals surface area (Å²) in [6, 6.07) is 2.59. The number of hydrogen-bond acceptors (Lipinski definition) is 9. The van der Waals surface area contributed by atoms with Crippen LogP contribution in [0.1, 0.15) is 51.7 Å². The number of pyridine rings is 1. The molecule has 1 fully saturated rings. The second-order valence-corrected chi connectivity index (χ2v) is 11.1. The zero-order chi connectivity index (χ0) is 28.5. The molecular formula is C23H27F3N6O5S. The van der Waals surface area contributed by atoms with E-state index >= 15 is 0 Å². The van der Waals surface area contributed by atoms with Gasteiger partial charge in [0.15, 0.2) is 5.75 Å². The van der Waals surface area contributed by atoms with Crippen LogP contribution < -0.4 is 9.92 Å². The van der Waals surface area contributed by atoms with Gasteiger partial charge in [0.2, 0.25) is 0 Å².